The van der Waals surface area contributed by atoms with E-state index in [1.165, 1.54) is 6.42 Å². The van der Waals surface area contributed by atoms with Crippen molar-refractivity contribution >= 4 is 0 Å². The fourth-order valence-electron chi connectivity index (χ4n) is 1.43. The molecule has 0 aromatic heterocycles. The van der Waals surface area contributed by atoms with Crippen LogP contribution >= 0.6 is 0 Å². The first-order valence-corrected chi connectivity index (χ1v) is 5.55. The predicted octanol–water partition coefficient (Wildman–Crippen LogP) is 2.62. The van der Waals surface area contributed by atoms with Crippen LogP contribution in [0.4, 0.5) is 0 Å². The van der Waals surface area contributed by atoms with E-state index in [-0.39, 0.29) is 6.10 Å². The van der Waals surface area contributed by atoms with E-state index in [9.17, 15) is 0 Å². The van der Waals surface area contributed by atoms with Gasteiger partial charge in [0.25, 0.3) is 0 Å². The molecule has 0 saturated carbocycles. The largest absolute Gasteiger partial charge is 0.494 e. The Morgan fingerprint density at radius 3 is 3.14 bits per heavy atom. The van der Waals surface area contributed by atoms with Crippen LogP contribution in [-0.4, -0.2) is 18.7 Å². The molecule has 1 aliphatic rings. The highest BCUT2D eigenvalue weighted by Crippen LogP contribution is 2.11. The van der Waals surface area contributed by atoms with Gasteiger partial charge in [-0.05, 0) is 44.9 Å². The normalized spacial score (nSPS) is 23.7. The summed E-state index contributed by atoms with van der Waals surface area (Å²) in [5.74, 6) is 0. The van der Waals surface area contributed by atoms with Crippen molar-refractivity contribution in [2.45, 2.75) is 45.3 Å². The van der Waals surface area contributed by atoms with E-state index < -0.39 is 0 Å². The number of nitrogens with one attached hydrogen (secondary N) is 1. The summed E-state index contributed by atoms with van der Waals surface area (Å²) in [7, 11) is 0. The lowest BCUT2D eigenvalue weighted by molar-refractivity contribution is 0.165. The molecule has 1 rings (SSSR count). The third-order valence-electron chi connectivity index (χ3n) is 2.30. The minimum atomic E-state index is 0.283. The third kappa shape index (κ3) is 4.47. The van der Waals surface area contributed by atoms with Crippen molar-refractivity contribution in [1.29, 1.82) is 0 Å². The third-order valence-corrected chi connectivity index (χ3v) is 2.30. The van der Waals surface area contributed by atoms with Gasteiger partial charge >= 0.3 is 0 Å². The zero-order valence-electron chi connectivity index (χ0n) is 9.20. The second-order valence-electron chi connectivity index (χ2n) is 3.75. The molecule has 2 heteroatoms. The minimum absolute atomic E-state index is 0.283. The van der Waals surface area contributed by atoms with Crippen LogP contribution in [-0.2, 0) is 4.74 Å². The lowest BCUT2D eigenvalue weighted by Gasteiger charge is -2.16. The molecule has 1 aliphatic heterocycles. The Bertz CT molecular complexity index is 198. The van der Waals surface area contributed by atoms with Gasteiger partial charge in [0.05, 0.1) is 6.26 Å². The summed E-state index contributed by atoms with van der Waals surface area (Å²) >= 11 is 0. The molecule has 1 heterocycles. The van der Waals surface area contributed by atoms with Crippen molar-refractivity contribution in [2.75, 3.05) is 6.54 Å². The Balaban J connectivity index is 2.20. The Morgan fingerprint density at radius 2 is 2.50 bits per heavy atom. The van der Waals surface area contributed by atoms with E-state index in [2.05, 4.69) is 37.4 Å². The van der Waals surface area contributed by atoms with Crippen LogP contribution in [0.25, 0.3) is 0 Å². The molecule has 0 fully saturated rings. The maximum atomic E-state index is 5.44. The van der Waals surface area contributed by atoms with Gasteiger partial charge in [0.15, 0.2) is 0 Å². The average Bonchev–Trinajstić information content (AvgIpc) is 2.25. The molecule has 1 N–H and O–H groups in total. The summed E-state index contributed by atoms with van der Waals surface area (Å²) in [4.78, 5) is 0. The van der Waals surface area contributed by atoms with Gasteiger partial charge in [-0.1, -0.05) is 13.0 Å². The molecular formula is C12H21NO. The molecule has 2 atom stereocenters. The Morgan fingerprint density at radius 1 is 1.64 bits per heavy atom. The molecule has 0 aliphatic carbocycles. The Hall–Kier alpha value is -0.760. The summed E-state index contributed by atoms with van der Waals surface area (Å²) in [5, 5.41) is 3.41. The smallest absolute Gasteiger partial charge is 0.116 e. The van der Waals surface area contributed by atoms with Gasteiger partial charge in [0.2, 0.25) is 0 Å². The molecule has 80 valence electrons. The lowest BCUT2D eigenvalue weighted by Crippen LogP contribution is -2.25. The number of rotatable bonds is 5. The molecule has 0 spiro atoms. The van der Waals surface area contributed by atoms with Gasteiger partial charge in [0.1, 0.15) is 6.10 Å². The van der Waals surface area contributed by atoms with Crippen LogP contribution in [0, 0.1) is 0 Å². The molecule has 0 aromatic rings. The fourth-order valence-corrected chi connectivity index (χ4v) is 1.43. The van der Waals surface area contributed by atoms with E-state index >= 15 is 0 Å². The number of allylic oxidation sites excluding steroid dienone is 1. The zero-order chi connectivity index (χ0) is 10.2. The van der Waals surface area contributed by atoms with Crippen LogP contribution in [0.1, 0.15) is 33.1 Å². The average molecular weight is 195 g/mol. The standard InChI is InChI=1S/C12H21NO/c1-3-9-13-11(2)7-8-12-6-4-5-10-14-12/h5,7-8,10-13H,3-4,6,9H2,1-2H3/b8-7+. The van der Waals surface area contributed by atoms with Crippen LogP contribution in [0.15, 0.2) is 24.5 Å². The second-order valence-corrected chi connectivity index (χ2v) is 3.75. The molecule has 0 saturated heterocycles. The van der Waals surface area contributed by atoms with Crippen LogP contribution < -0.4 is 5.32 Å². The van der Waals surface area contributed by atoms with E-state index in [1.807, 2.05) is 6.26 Å². The molecule has 14 heavy (non-hydrogen) atoms. The van der Waals surface area contributed by atoms with E-state index in [1.54, 1.807) is 0 Å². The summed E-state index contributed by atoms with van der Waals surface area (Å²) < 4.78 is 5.44. The summed E-state index contributed by atoms with van der Waals surface area (Å²) in [6, 6.07) is 0.449. The van der Waals surface area contributed by atoms with Crippen LogP contribution in [0.3, 0.4) is 0 Å². The fraction of sp³-hybridized carbons (Fsp3) is 0.667. The highest BCUT2D eigenvalue weighted by atomic mass is 16.5. The number of ether oxygens (including phenoxy) is 1. The lowest BCUT2D eigenvalue weighted by atomic mass is 10.1. The molecule has 2 nitrogen and oxygen atoms in total. The molecule has 0 amide bonds. The Kier molecular flexibility index (Phi) is 5.38. The number of hydrogen-bond donors (Lipinski definition) is 1. The first-order valence-electron chi connectivity index (χ1n) is 5.55. The van der Waals surface area contributed by atoms with Crippen molar-refractivity contribution in [2.24, 2.45) is 0 Å². The van der Waals surface area contributed by atoms with Crippen molar-refractivity contribution < 1.29 is 4.74 Å². The topological polar surface area (TPSA) is 21.3 Å². The first kappa shape index (κ1) is 11.3. The van der Waals surface area contributed by atoms with Gasteiger partial charge in [-0.2, -0.15) is 0 Å². The second kappa shape index (κ2) is 6.66. The maximum Gasteiger partial charge on any atom is 0.116 e. The molecule has 2 unspecified atom stereocenters. The predicted molar refractivity (Wildman–Crippen MR) is 60.1 cm³/mol. The van der Waals surface area contributed by atoms with Crippen molar-refractivity contribution in [1.82, 2.24) is 5.32 Å². The highest BCUT2D eigenvalue weighted by molar-refractivity contribution is 4.99. The summed E-state index contributed by atoms with van der Waals surface area (Å²) in [6.07, 6.45) is 11.9. The zero-order valence-corrected chi connectivity index (χ0v) is 9.20. The highest BCUT2D eigenvalue weighted by Gasteiger charge is 2.06. The van der Waals surface area contributed by atoms with Gasteiger partial charge < -0.3 is 10.1 Å². The first-order chi connectivity index (χ1) is 6.83. The molecule has 0 radical (unpaired) electrons. The SMILES string of the molecule is CCCNC(C)/C=C/C1CCC=CO1. The molecule has 0 bridgehead atoms. The van der Waals surface area contributed by atoms with E-state index in [0.717, 1.165) is 19.4 Å². The number of hydrogen-bond acceptors (Lipinski definition) is 2. The van der Waals surface area contributed by atoms with Gasteiger partial charge in [-0.25, -0.2) is 0 Å². The molecule has 0 aromatic carbocycles. The van der Waals surface area contributed by atoms with Crippen molar-refractivity contribution in [3.8, 4) is 0 Å². The quantitative estimate of drug-likeness (QED) is 0.681. The maximum absolute atomic E-state index is 5.44. The van der Waals surface area contributed by atoms with Gasteiger partial charge in [0, 0.05) is 6.04 Å². The van der Waals surface area contributed by atoms with Gasteiger partial charge in [-0.3, -0.25) is 0 Å². The van der Waals surface area contributed by atoms with Crippen molar-refractivity contribution in [3.05, 3.63) is 24.5 Å². The van der Waals surface area contributed by atoms with Gasteiger partial charge in [-0.15, -0.1) is 0 Å². The van der Waals surface area contributed by atoms with E-state index in [0.29, 0.717) is 6.04 Å². The monoisotopic (exact) mass is 195 g/mol. The van der Waals surface area contributed by atoms with Crippen LogP contribution in [0.2, 0.25) is 0 Å². The Labute approximate surface area is 87.0 Å². The summed E-state index contributed by atoms with van der Waals surface area (Å²) in [6.45, 7) is 5.43. The van der Waals surface area contributed by atoms with E-state index in [4.69, 9.17) is 4.74 Å². The summed E-state index contributed by atoms with van der Waals surface area (Å²) in [5.41, 5.74) is 0. The van der Waals surface area contributed by atoms with Crippen molar-refractivity contribution in [3.63, 3.8) is 0 Å². The van der Waals surface area contributed by atoms with Crippen LogP contribution in [0.5, 0.6) is 0 Å². The minimum Gasteiger partial charge on any atom is -0.494 e. The molecular weight excluding hydrogens is 174 g/mol.